The topological polar surface area (TPSA) is 97.8 Å². The number of hydrogen-bond acceptors (Lipinski definition) is 5. The highest BCUT2D eigenvalue weighted by Crippen LogP contribution is 2.19. The maximum atomic E-state index is 13.0. The Balaban J connectivity index is 1.97. The highest BCUT2D eigenvalue weighted by atomic mass is 16.3. The van der Waals surface area contributed by atoms with Crippen LogP contribution in [-0.2, 0) is 4.79 Å². The molecule has 0 bridgehead atoms. The molecule has 1 aromatic rings. The number of carbonyl (C=O) groups excluding carboxylic acids is 2. The molecule has 1 aliphatic heterocycles. The van der Waals surface area contributed by atoms with Gasteiger partial charge in [0.15, 0.2) is 0 Å². The van der Waals surface area contributed by atoms with E-state index >= 15 is 0 Å². The minimum absolute atomic E-state index is 0.0507. The van der Waals surface area contributed by atoms with Crippen LogP contribution >= 0.6 is 0 Å². The first kappa shape index (κ1) is 23.9. The molecule has 1 atom stereocenters. The molecule has 2 rings (SSSR count). The van der Waals surface area contributed by atoms with Crippen LogP contribution in [0.25, 0.3) is 0 Å². The Hall–Kier alpha value is -2.35. The second-order valence-electron chi connectivity index (χ2n) is 8.31. The summed E-state index contributed by atoms with van der Waals surface area (Å²) in [7, 11) is 0. The average Bonchev–Trinajstić information content (AvgIpc) is 2.74. The van der Waals surface area contributed by atoms with E-state index < -0.39 is 12.1 Å². The number of rotatable bonds is 9. The van der Waals surface area contributed by atoms with E-state index in [4.69, 9.17) is 0 Å². The molecule has 0 saturated carbocycles. The molecule has 30 heavy (non-hydrogen) atoms. The minimum Gasteiger partial charge on any atom is -0.396 e. The van der Waals surface area contributed by atoms with Gasteiger partial charge in [0.2, 0.25) is 5.91 Å². The predicted octanol–water partition coefficient (Wildman–Crippen LogP) is 2.69. The van der Waals surface area contributed by atoms with Gasteiger partial charge in [-0.1, -0.05) is 13.8 Å². The number of nitrogens with one attached hydrogen (secondary N) is 2. The summed E-state index contributed by atoms with van der Waals surface area (Å²) in [5.74, 6) is 1.35. The number of likely N-dealkylation sites (tertiary alicyclic amines) is 1. The highest BCUT2D eigenvalue weighted by molar-refractivity contribution is 5.93. The number of piperidine rings is 1. The van der Waals surface area contributed by atoms with Gasteiger partial charge in [-0.2, -0.15) is 0 Å². The Bertz CT molecular complexity index is 668. The van der Waals surface area contributed by atoms with Gasteiger partial charge < -0.3 is 25.5 Å². The number of nitrogens with zero attached hydrogens (tertiary/aromatic N) is 3. The summed E-state index contributed by atoms with van der Waals surface area (Å²) in [5.41, 5.74) is 0.586. The standard InChI is InChI=1S/C22H37N5O3/c1-5-26(6-2)20-8-7-18(14-23-20)24-22(30)25-19(13-16(3)4)21(29)27-11-9-17(15-28)10-12-27/h7-8,14,16-17,19,28H,5-6,9-13,15H2,1-4H3,(H2,24,25,30). The molecule has 1 aromatic heterocycles. The molecule has 0 radical (unpaired) electrons. The zero-order chi connectivity index (χ0) is 22.1. The van der Waals surface area contributed by atoms with E-state index in [9.17, 15) is 14.7 Å². The van der Waals surface area contributed by atoms with Crippen molar-refractivity contribution in [3.8, 4) is 0 Å². The third kappa shape index (κ3) is 6.86. The fourth-order valence-electron chi connectivity index (χ4n) is 3.77. The fourth-order valence-corrected chi connectivity index (χ4v) is 3.77. The molecule has 1 unspecified atom stereocenters. The molecule has 1 aliphatic rings. The van der Waals surface area contributed by atoms with Crippen molar-refractivity contribution in [1.29, 1.82) is 0 Å². The summed E-state index contributed by atoms with van der Waals surface area (Å²) in [4.78, 5) is 33.9. The number of urea groups is 1. The van der Waals surface area contributed by atoms with Crippen molar-refractivity contribution in [2.75, 3.05) is 43.0 Å². The predicted molar refractivity (Wildman–Crippen MR) is 120 cm³/mol. The molecule has 8 heteroatoms. The molecule has 3 N–H and O–H groups in total. The molecule has 2 heterocycles. The van der Waals surface area contributed by atoms with Crippen LogP contribution in [0, 0.1) is 11.8 Å². The summed E-state index contributed by atoms with van der Waals surface area (Å²) in [6.45, 7) is 11.4. The van der Waals surface area contributed by atoms with Gasteiger partial charge in [-0.25, -0.2) is 9.78 Å². The molecule has 168 valence electrons. The number of anilines is 2. The number of carbonyl (C=O) groups is 2. The van der Waals surface area contributed by atoms with Gasteiger partial charge in [-0.3, -0.25) is 4.79 Å². The highest BCUT2D eigenvalue weighted by Gasteiger charge is 2.29. The Labute approximate surface area is 180 Å². The number of amides is 3. The third-order valence-corrected chi connectivity index (χ3v) is 5.59. The lowest BCUT2D eigenvalue weighted by Crippen LogP contribution is -2.52. The Morgan fingerprint density at radius 3 is 2.40 bits per heavy atom. The second kappa shape index (κ2) is 11.7. The SMILES string of the molecule is CCN(CC)c1ccc(NC(=O)NC(CC(C)C)C(=O)N2CCC(CO)CC2)cn1. The quantitative estimate of drug-likeness (QED) is 0.572. The summed E-state index contributed by atoms with van der Waals surface area (Å²) in [6, 6.07) is 2.72. The molecular weight excluding hydrogens is 382 g/mol. The van der Waals surface area contributed by atoms with E-state index in [2.05, 4.69) is 34.4 Å². The van der Waals surface area contributed by atoms with E-state index in [-0.39, 0.29) is 24.3 Å². The lowest BCUT2D eigenvalue weighted by atomic mass is 9.96. The van der Waals surface area contributed by atoms with E-state index in [1.807, 2.05) is 26.0 Å². The summed E-state index contributed by atoms with van der Waals surface area (Å²) >= 11 is 0. The van der Waals surface area contributed by atoms with Gasteiger partial charge in [0, 0.05) is 32.8 Å². The van der Waals surface area contributed by atoms with Gasteiger partial charge >= 0.3 is 6.03 Å². The number of aliphatic hydroxyl groups is 1. The van der Waals surface area contributed by atoms with Crippen molar-refractivity contribution in [1.82, 2.24) is 15.2 Å². The second-order valence-corrected chi connectivity index (χ2v) is 8.31. The molecule has 1 fully saturated rings. The van der Waals surface area contributed by atoms with Gasteiger partial charge in [-0.05, 0) is 57.1 Å². The van der Waals surface area contributed by atoms with E-state index in [0.717, 1.165) is 31.7 Å². The minimum atomic E-state index is -0.571. The lowest BCUT2D eigenvalue weighted by molar-refractivity contribution is -0.135. The van der Waals surface area contributed by atoms with Gasteiger partial charge in [-0.15, -0.1) is 0 Å². The molecule has 0 aliphatic carbocycles. The van der Waals surface area contributed by atoms with Crippen LogP contribution in [0.5, 0.6) is 0 Å². The van der Waals surface area contributed by atoms with Crippen LogP contribution in [0.4, 0.5) is 16.3 Å². The summed E-state index contributed by atoms with van der Waals surface area (Å²) in [5, 5.41) is 14.9. The normalized spacial score (nSPS) is 15.7. The first-order valence-electron chi connectivity index (χ1n) is 11.1. The Morgan fingerprint density at radius 1 is 1.23 bits per heavy atom. The van der Waals surface area contributed by atoms with E-state index in [1.54, 1.807) is 11.1 Å². The number of pyridine rings is 1. The fraction of sp³-hybridized carbons (Fsp3) is 0.682. The van der Waals surface area contributed by atoms with Crippen molar-refractivity contribution >= 4 is 23.4 Å². The maximum absolute atomic E-state index is 13.0. The van der Waals surface area contributed by atoms with Crippen molar-refractivity contribution in [2.24, 2.45) is 11.8 Å². The van der Waals surface area contributed by atoms with Crippen LogP contribution < -0.4 is 15.5 Å². The number of aromatic nitrogens is 1. The Morgan fingerprint density at radius 2 is 1.90 bits per heavy atom. The van der Waals surface area contributed by atoms with E-state index in [0.29, 0.717) is 25.2 Å². The van der Waals surface area contributed by atoms with Crippen molar-refractivity contribution in [3.05, 3.63) is 18.3 Å². The smallest absolute Gasteiger partial charge is 0.319 e. The van der Waals surface area contributed by atoms with E-state index in [1.165, 1.54) is 0 Å². The molecule has 1 saturated heterocycles. The molecule has 0 spiro atoms. The zero-order valence-electron chi connectivity index (χ0n) is 18.7. The maximum Gasteiger partial charge on any atom is 0.319 e. The van der Waals surface area contributed by atoms with Crippen molar-refractivity contribution < 1.29 is 14.7 Å². The number of hydrogen-bond donors (Lipinski definition) is 3. The largest absolute Gasteiger partial charge is 0.396 e. The van der Waals surface area contributed by atoms with Gasteiger partial charge in [0.05, 0.1) is 11.9 Å². The van der Waals surface area contributed by atoms with Crippen LogP contribution in [0.3, 0.4) is 0 Å². The van der Waals surface area contributed by atoms with Crippen LogP contribution in [0.15, 0.2) is 18.3 Å². The van der Waals surface area contributed by atoms with Crippen molar-refractivity contribution in [2.45, 2.75) is 53.0 Å². The van der Waals surface area contributed by atoms with Crippen LogP contribution in [-0.4, -0.2) is 65.8 Å². The first-order valence-corrected chi connectivity index (χ1v) is 11.1. The molecule has 3 amide bonds. The average molecular weight is 420 g/mol. The summed E-state index contributed by atoms with van der Waals surface area (Å²) in [6.07, 6.45) is 3.80. The Kier molecular flexibility index (Phi) is 9.36. The zero-order valence-corrected chi connectivity index (χ0v) is 18.7. The van der Waals surface area contributed by atoms with Crippen LogP contribution in [0.1, 0.15) is 47.0 Å². The molecular formula is C22H37N5O3. The van der Waals surface area contributed by atoms with Gasteiger partial charge in [0.25, 0.3) is 0 Å². The summed E-state index contributed by atoms with van der Waals surface area (Å²) < 4.78 is 0. The molecule has 8 nitrogen and oxygen atoms in total. The third-order valence-electron chi connectivity index (χ3n) is 5.59. The lowest BCUT2D eigenvalue weighted by Gasteiger charge is -2.34. The van der Waals surface area contributed by atoms with Crippen molar-refractivity contribution in [3.63, 3.8) is 0 Å². The first-order chi connectivity index (χ1) is 14.4. The van der Waals surface area contributed by atoms with Gasteiger partial charge in [0.1, 0.15) is 11.9 Å². The number of aliphatic hydroxyl groups excluding tert-OH is 1. The monoisotopic (exact) mass is 419 g/mol. The molecule has 0 aromatic carbocycles. The van der Waals surface area contributed by atoms with Crippen LogP contribution in [0.2, 0.25) is 0 Å².